The zero-order chi connectivity index (χ0) is 9.64. The van der Waals surface area contributed by atoms with Gasteiger partial charge in [-0.3, -0.25) is 4.98 Å². The molecule has 1 aliphatic rings. The molecule has 1 aromatic rings. The zero-order valence-electron chi connectivity index (χ0n) is 8.28. The van der Waals surface area contributed by atoms with Crippen LogP contribution in [0.5, 0.6) is 0 Å². The summed E-state index contributed by atoms with van der Waals surface area (Å²) in [6.07, 6.45) is 6.44. The maximum Gasteiger partial charge on any atom is 0.0278 e. The van der Waals surface area contributed by atoms with Gasteiger partial charge in [0.05, 0.1) is 0 Å². The Labute approximate surface area is 89.5 Å². The highest BCUT2D eigenvalue weighted by molar-refractivity contribution is 7.99. The molecule has 0 radical (unpaired) electrons. The fourth-order valence-electron chi connectivity index (χ4n) is 1.71. The Balaban J connectivity index is 1.76. The summed E-state index contributed by atoms with van der Waals surface area (Å²) in [5.41, 5.74) is 0. The molecule has 76 valence electrons. The quantitative estimate of drug-likeness (QED) is 0.771. The second kappa shape index (κ2) is 5.37. The summed E-state index contributed by atoms with van der Waals surface area (Å²) in [5, 5.41) is 3.45. The number of pyridine rings is 1. The molecule has 0 amide bonds. The molecule has 0 aromatic carbocycles. The summed E-state index contributed by atoms with van der Waals surface area (Å²) >= 11 is 1.95. The maximum absolute atomic E-state index is 4.01. The molecule has 3 heteroatoms. The van der Waals surface area contributed by atoms with Gasteiger partial charge in [-0.05, 0) is 44.0 Å². The third-order valence-corrected chi connectivity index (χ3v) is 3.78. The molecule has 1 saturated heterocycles. The van der Waals surface area contributed by atoms with Crippen LogP contribution in [0.4, 0.5) is 0 Å². The van der Waals surface area contributed by atoms with Crippen LogP contribution in [0.25, 0.3) is 0 Å². The number of hydrogen-bond donors (Lipinski definition) is 1. The summed E-state index contributed by atoms with van der Waals surface area (Å²) in [6, 6.07) is 4.17. The molecule has 0 bridgehead atoms. The Kier molecular flexibility index (Phi) is 3.83. The van der Waals surface area contributed by atoms with Crippen LogP contribution in [0.15, 0.2) is 29.4 Å². The van der Waals surface area contributed by atoms with E-state index in [0.717, 1.165) is 5.92 Å². The summed E-state index contributed by atoms with van der Waals surface area (Å²) in [7, 11) is 0. The van der Waals surface area contributed by atoms with E-state index in [1.807, 2.05) is 24.2 Å². The van der Waals surface area contributed by atoms with Crippen molar-refractivity contribution in [2.45, 2.75) is 17.7 Å². The Bertz CT molecular complexity index is 257. The van der Waals surface area contributed by atoms with Crippen molar-refractivity contribution < 1.29 is 0 Å². The summed E-state index contributed by atoms with van der Waals surface area (Å²) in [4.78, 5) is 5.35. The average molecular weight is 208 g/mol. The minimum atomic E-state index is 0.849. The van der Waals surface area contributed by atoms with Crippen molar-refractivity contribution in [2.75, 3.05) is 18.8 Å². The second-order valence-electron chi connectivity index (χ2n) is 3.71. The van der Waals surface area contributed by atoms with Gasteiger partial charge in [0.1, 0.15) is 0 Å². The molecule has 2 heterocycles. The Hall–Kier alpha value is -0.540. The van der Waals surface area contributed by atoms with E-state index in [2.05, 4.69) is 22.4 Å². The first kappa shape index (κ1) is 9.99. The van der Waals surface area contributed by atoms with Gasteiger partial charge in [-0.1, -0.05) is 0 Å². The molecule has 2 rings (SSSR count). The van der Waals surface area contributed by atoms with Crippen molar-refractivity contribution in [3.63, 3.8) is 0 Å². The lowest BCUT2D eigenvalue weighted by molar-refractivity contribution is 0.410. The number of hydrogen-bond acceptors (Lipinski definition) is 3. The molecule has 0 spiro atoms. The van der Waals surface area contributed by atoms with Gasteiger partial charge in [0.25, 0.3) is 0 Å². The Morgan fingerprint density at radius 2 is 2.29 bits per heavy atom. The smallest absolute Gasteiger partial charge is 0.0278 e. The first-order chi connectivity index (χ1) is 6.95. The van der Waals surface area contributed by atoms with Crippen LogP contribution in [0.1, 0.15) is 12.8 Å². The van der Waals surface area contributed by atoms with Gasteiger partial charge in [-0.25, -0.2) is 0 Å². The number of rotatable bonds is 3. The maximum atomic E-state index is 4.01. The van der Waals surface area contributed by atoms with Gasteiger partial charge in [-0.2, -0.15) is 0 Å². The van der Waals surface area contributed by atoms with Gasteiger partial charge < -0.3 is 5.32 Å². The molecule has 1 aromatic heterocycles. The van der Waals surface area contributed by atoms with Gasteiger partial charge in [0, 0.05) is 23.0 Å². The van der Waals surface area contributed by atoms with Crippen LogP contribution in [-0.2, 0) is 0 Å². The number of nitrogens with zero attached hydrogens (tertiary/aromatic N) is 1. The van der Waals surface area contributed by atoms with E-state index in [1.165, 1.54) is 36.6 Å². The van der Waals surface area contributed by atoms with Crippen LogP contribution in [0, 0.1) is 5.92 Å². The molecule has 1 atom stereocenters. The number of piperidine rings is 1. The number of nitrogens with one attached hydrogen (secondary N) is 1. The lowest BCUT2D eigenvalue weighted by Crippen LogP contribution is -2.30. The SMILES string of the molecule is c1cc(SC[C@H]2CCCNC2)ccn1. The van der Waals surface area contributed by atoms with E-state index in [4.69, 9.17) is 0 Å². The molecule has 0 aliphatic carbocycles. The van der Waals surface area contributed by atoms with E-state index >= 15 is 0 Å². The zero-order valence-corrected chi connectivity index (χ0v) is 9.09. The topological polar surface area (TPSA) is 24.9 Å². The molecule has 2 nitrogen and oxygen atoms in total. The van der Waals surface area contributed by atoms with Crippen molar-refractivity contribution in [3.8, 4) is 0 Å². The van der Waals surface area contributed by atoms with E-state index in [-0.39, 0.29) is 0 Å². The van der Waals surface area contributed by atoms with Crippen molar-refractivity contribution in [2.24, 2.45) is 5.92 Å². The fourth-order valence-corrected chi connectivity index (χ4v) is 2.74. The van der Waals surface area contributed by atoms with E-state index in [0.29, 0.717) is 0 Å². The molecule has 1 aliphatic heterocycles. The lowest BCUT2D eigenvalue weighted by Gasteiger charge is -2.22. The highest BCUT2D eigenvalue weighted by Gasteiger charge is 2.12. The van der Waals surface area contributed by atoms with Crippen LogP contribution in [0.3, 0.4) is 0 Å². The van der Waals surface area contributed by atoms with Crippen molar-refractivity contribution in [1.29, 1.82) is 0 Å². The van der Waals surface area contributed by atoms with Crippen LogP contribution in [-0.4, -0.2) is 23.8 Å². The minimum absolute atomic E-state index is 0.849. The third kappa shape index (κ3) is 3.00. The third-order valence-electron chi connectivity index (χ3n) is 2.53. The Morgan fingerprint density at radius 1 is 1.43 bits per heavy atom. The predicted octanol–water partition coefficient (Wildman–Crippen LogP) is 2.17. The average Bonchev–Trinajstić information content (AvgIpc) is 2.29. The van der Waals surface area contributed by atoms with Gasteiger partial charge in [0.15, 0.2) is 0 Å². The van der Waals surface area contributed by atoms with Gasteiger partial charge in [0.2, 0.25) is 0 Å². The van der Waals surface area contributed by atoms with Gasteiger partial charge in [-0.15, -0.1) is 11.8 Å². The van der Waals surface area contributed by atoms with Crippen molar-refractivity contribution in [3.05, 3.63) is 24.5 Å². The van der Waals surface area contributed by atoms with Crippen molar-refractivity contribution in [1.82, 2.24) is 10.3 Å². The highest BCUT2D eigenvalue weighted by Crippen LogP contribution is 2.22. The Morgan fingerprint density at radius 3 is 3.00 bits per heavy atom. The molecule has 1 fully saturated rings. The molecular weight excluding hydrogens is 192 g/mol. The largest absolute Gasteiger partial charge is 0.316 e. The fraction of sp³-hybridized carbons (Fsp3) is 0.545. The molecule has 0 unspecified atom stereocenters. The second-order valence-corrected chi connectivity index (χ2v) is 4.80. The summed E-state index contributed by atoms with van der Waals surface area (Å²) in [5.74, 6) is 2.08. The lowest BCUT2D eigenvalue weighted by atomic mass is 10.0. The minimum Gasteiger partial charge on any atom is -0.316 e. The molecule has 14 heavy (non-hydrogen) atoms. The highest BCUT2D eigenvalue weighted by atomic mass is 32.2. The molecule has 1 N–H and O–H groups in total. The van der Waals surface area contributed by atoms with E-state index in [9.17, 15) is 0 Å². The van der Waals surface area contributed by atoms with Crippen LogP contribution >= 0.6 is 11.8 Å². The summed E-state index contributed by atoms with van der Waals surface area (Å²) in [6.45, 7) is 2.40. The van der Waals surface area contributed by atoms with E-state index in [1.54, 1.807) is 0 Å². The van der Waals surface area contributed by atoms with Gasteiger partial charge >= 0.3 is 0 Å². The first-order valence-electron chi connectivity index (χ1n) is 5.19. The number of aromatic nitrogens is 1. The normalized spacial score (nSPS) is 22.1. The first-order valence-corrected chi connectivity index (χ1v) is 6.17. The monoisotopic (exact) mass is 208 g/mol. The molecule has 0 saturated carbocycles. The molecular formula is C11H16N2S. The number of thioether (sulfide) groups is 1. The standard InChI is InChI=1S/C11H16N2S/c1-2-10(8-13-5-1)9-14-11-3-6-12-7-4-11/h3-4,6-7,10,13H,1-2,5,8-9H2/t10-/m0/s1. The van der Waals surface area contributed by atoms with Crippen LogP contribution in [0.2, 0.25) is 0 Å². The summed E-state index contributed by atoms with van der Waals surface area (Å²) < 4.78 is 0. The van der Waals surface area contributed by atoms with Crippen molar-refractivity contribution >= 4 is 11.8 Å². The predicted molar refractivity (Wildman–Crippen MR) is 60.6 cm³/mol. The van der Waals surface area contributed by atoms with Crippen LogP contribution < -0.4 is 5.32 Å². The van der Waals surface area contributed by atoms with E-state index < -0.39 is 0 Å².